The van der Waals surface area contributed by atoms with Crippen LogP contribution in [0, 0.1) is 25.5 Å². The van der Waals surface area contributed by atoms with Gasteiger partial charge in [-0.05, 0) is 62.9 Å². The summed E-state index contributed by atoms with van der Waals surface area (Å²) in [6.45, 7) is 9.00. The molecular formula is C30H28F2N6O3. The Morgan fingerprint density at radius 1 is 1.02 bits per heavy atom. The van der Waals surface area contributed by atoms with Crippen LogP contribution < -0.4 is 10.6 Å². The zero-order chi connectivity index (χ0) is 29.0. The van der Waals surface area contributed by atoms with Crippen molar-refractivity contribution in [3.05, 3.63) is 82.1 Å². The van der Waals surface area contributed by atoms with Gasteiger partial charge in [0.25, 0.3) is 0 Å². The standard InChI is InChI=1S/C30H28F2N6O3/c1-16-7-11-33-18(3)26(16)38-28-20(15-22(32)25(34-28)24-21(31)5-4-6-23(24)39)27(35-30(38)41)36-12-9-19(10-13-36)37-14-8-17(2)29(37)40/h4-7,11,15,19,39H,2,8-10,12-14H2,1,3H3. The van der Waals surface area contributed by atoms with Crippen molar-refractivity contribution in [2.24, 2.45) is 0 Å². The fourth-order valence-corrected chi connectivity index (χ4v) is 5.90. The number of benzene rings is 1. The number of phenolic OH excluding ortho intramolecular Hbond substituents is 1. The number of carbonyl (C=O) groups excluding carboxylic acids is 1. The zero-order valence-corrected chi connectivity index (χ0v) is 22.7. The summed E-state index contributed by atoms with van der Waals surface area (Å²) in [6.07, 6.45) is 3.55. The predicted octanol–water partition coefficient (Wildman–Crippen LogP) is 4.20. The normalized spacial score (nSPS) is 16.3. The summed E-state index contributed by atoms with van der Waals surface area (Å²) in [5, 5.41) is 10.7. The van der Waals surface area contributed by atoms with Gasteiger partial charge >= 0.3 is 5.69 Å². The Morgan fingerprint density at radius 3 is 2.44 bits per heavy atom. The van der Waals surface area contributed by atoms with Crippen LogP contribution in [0.5, 0.6) is 5.75 Å². The van der Waals surface area contributed by atoms with E-state index in [2.05, 4.69) is 21.5 Å². The van der Waals surface area contributed by atoms with Crippen molar-refractivity contribution < 1.29 is 18.7 Å². The van der Waals surface area contributed by atoms with Crippen LogP contribution >= 0.6 is 0 Å². The molecule has 9 nitrogen and oxygen atoms in total. The maximum absolute atomic E-state index is 15.7. The molecule has 11 heteroatoms. The molecule has 2 saturated heterocycles. The molecule has 0 aliphatic carbocycles. The minimum atomic E-state index is -0.873. The maximum atomic E-state index is 15.7. The Labute approximate surface area is 234 Å². The highest BCUT2D eigenvalue weighted by Gasteiger charge is 2.34. The molecule has 1 amide bonds. The number of halogens is 2. The number of piperidine rings is 1. The summed E-state index contributed by atoms with van der Waals surface area (Å²) in [5.41, 5.74) is 0.884. The second kappa shape index (κ2) is 10.1. The lowest BCUT2D eigenvalue weighted by Gasteiger charge is -2.37. The number of aromatic nitrogens is 4. The summed E-state index contributed by atoms with van der Waals surface area (Å²) in [7, 11) is 0. The van der Waals surface area contributed by atoms with Crippen LogP contribution in [-0.4, -0.2) is 61.1 Å². The fraction of sp³-hybridized carbons (Fsp3) is 0.300. The molecule has 1 aromatic carbocycles. The predicted molar refractivity (Wildman–Crippen MR) is 150 cm³/mol. The molecule has 0 bridgehead atoms. The Morgan fingerprint density at radius 2 is 1.78 bits per heavy atom. The van der Waals surface area contributed by atoms with Crippen molar-refractivity contribution >= 4 is 22.8 Å². The number of nitrogens with zero attached hydrogens (tertiary/aromatic N) is 6. The number of phenols is 1. The van der Waals surface area contributed by atoms with E-state index >= 15 is 4.39 Å². The third kappa shape index (κ3) is 4.41. The van der Waals surface area contributed by atoms with Crippen LogP contribution in [0.4, 0.5) is 14.6 Å². The van der Waals surface area contributed by atoms with Gasteiger partial charge in [-0.3, -0.25) is 9.78 Å². The van der Waals surface area contributed by atoms with Gasteiger partial charge in [-0.2, -0.15) is 4.98 Å². The molecule has 0 saturated carbocycles. The second-order valence-electron chi connectivity index (χ2n) is 10.5. The van der Waals surface area contributed by atoms with Crippen molar-refractivity contribution in [2.75, 3.05) is 24.5 Å². The van der Waals surface area contributed by atoms with Gasteiger partial charge in [0, 0.05) is 37.4 Å². The first-order valence-electron chi connectivity index (χ1n) is 13.4. The molecule has 6 rings (SSSR count). The first-order valence-corrected chi connectivity index (χ1v) is 13.4. The van der Waals surface area contributed by atoms with Crippen LogP contribution in [0.1, 0.15) is 30.5 Å². The van der Waals surface area contributed by atoms with E-state index in [-0.39, 0.29) is 28.8 Å². The molecule has 2 fully saturated rings. The number of pyridine rings is 2. The first-order chi connectivity index (χ1) is 19.7. The van der Waals surface area contributed by atoms with Gasteiger partial charge in [0.15, 0.2) is 11.5 Å². The smallest absolute Gasteiger partial charge is 0.355 e. The number of hydrogen-bond acceptors (Lipinski definition) is 7. The number of fused-ring (bicyclic) bond motifs is 1. The molecule has 0 spiro atoms. The molecule has 2 aliphatic heterocycles. The highest BCUT2D eigenvalue weighted by atomic mass is 19.1. The maximum Gasteiger partial charge on any atom is 0.355 e. The molecule has 4 aromatic rings. The van der Waals surface area contributed by atoms with Gasteiger partial charge in [-0.15, -0.1) is 0 Å². The minimum absolute atomic E-state index is 0.0213. The number of carbonyl (C=O) groups is 1. The molecular weight excluding hydrogens is 530 g/mol. The third-order valence-corrected chi connectivity index (χ3v) is 7.98. The minimum Gasteiger partial charge on any atom is -0.507 e. The lowest BCUT2D eigenvalue weighted by molar-refractivity contribution is -0.127. The number of hydrogen-bond donors (Lipinski definition) is 1. The Bertz CT molecular complexity index is 1760. The molecule has 2 aliphatic rings. The number of aromatic hydroxyl groups is 1. The van der Waals surface area contributed by atoms with E-state index in [4.69, 9.17) is 0 Å². The average Bonchev–Trinajstić information content (AvgIpc) is 3.27. The highest BCUT2D eigenvalue weighted by Crippen LogP contribution is 2.36. The summed E-state index contributed by atoms with van der Waals surface area (Å²) in [4.78, 5) is 43.1. The molecule has 5 heterocycles. The van der Waals surface area contributed by atoms with Crippen molar-refractivity contribution in [1.82, 2.24) is 24.4 Å². The molecule has 210 valence electrons. The van der Waals surface area contributed by atoms with Crippen molar-refractivity contribution in [1.29, 1.82) is 0 Å². The monoisotopic (exact) mass is 558 g/mol. The number of likely N-dealkylation sites (tertiary alicyclic amines) is 1. The average molecular weight is 559 g/mol. The first kappa shape index (κ1) is 26.5. The van der Waals surface area contributed by atoms with Crippen LogP contribution in [0.3, 0.4) is 0 Å². The molecule has 0 unspecified atom stereocenters. The van der Waals surface area contributed by atoms with E-state index in [9.17, 15) is 19.1 Å². The quantitative estimate of drug-likeness (QED) is 0.375. The van der Waals surface area contributed by atoms with E-state index in [1.807, 2.05) is 16.7 Å². The molecule has 3 aromatic heterocycles. The van der Waals surface area contributed by atoms with Gasteiger partial charge in [0.1, 0.15) is 23.1 Å². The zero-order valence-electron chi connectivity index (χ0n) is 22.7. The Hall–Kier alpha value is -4.67. The second-order valence-corrected chi connectivity index (χ2v) is 10.5. The van der Waals surface area contributed by atoms with E-state index in [0.717, 1.165) is 11.6 Å². The van der Waals surface area contributed by atoms with Crippen molar-refractivity contribution in [3.8, 4) is 22.7 Å². The lowest BCUT2D eigenvalue weighted by Crippen LogP contribution is -2.46. The van der Waals surface area contributed by atoms with E-state index in [1.54, 1.807) is 19.2 Å². The summed E-state index contributed by atoms with van der Waals surface area (Å²) in [6, 6.07) is 6.61. The Kier molecular flexibility index (Phi) is 6.51. The van der Waals surface area contributed by atoms with Crippen LogP contribution in [0.2, 0.25) is 0 Å². The summed E-state index contributed by atoms with van der Waals surface area (Å²) in [5.74, 6) is -1.97. The highest BCUT2D eigenvalue weighted by molar-refractivity contribution is 5.95. The fourth-order valence-electron chi connectivity index (χ4n) is 5.90. The molecule has 0 atom stereocenters. The van der Waals surface area contributed by atoms with Crippen LogP contribution in [-0.2, 0) is 4.79 Å². The van der Waals surface area contributed by atoms with Crippen LogP contribution in [0.25, 0.3) is 28.0 Å². The number of amides is 1. The largest absolute Gasteiger partial charge is 0.507 e. The molecule has 1 N–H and O–H groups in total. The molecule has 41 heavy (non-hydrogen) atoms. The van der Waals surface area contributed by atoms with Crippen molar-refractivity contribution in [3.63, 3.8) is 0 Å². The SMILES string of the molecule is C=C1CCN(C2CCN(c3nc(=O)n(-c4c(C)ccnc4C)c4nc(-c5c(O)cccc5F)c(F)cc34)CC2)C1=O. The van der Waals surface area contributed by atoms with Crippen molar-refractivity contribution in [2.45, 2.75) is 39.2 Å². The van der Waals surface area contributed by atoms with Gasteiger partial charge in [-0.25, -0.2) is 23.1 Å². The third-order valence-electron chi connectivity index (χ3n) is 7.98. The summed E-state index contributed by atoms with van der Waals surface area (Å²) < 4.78 is 31.8. The number of anilines is 1. The molecule has 0 radical (unpaired) electrons. The van der Waals surface area contributed by atoms with E-state index in [1.165, 1.54) is 22.8 Å². The topological polar surface area (TPSA) is 104 Å². The number of aryl methyl sites for hydroxylation is 2. The van der Waals surface area contributed by atoms with Gasteiger partial charge in [0.2, 0.25) is 5.91 Å². The number of rotatable bonds is 4. The van der Waals surface area contributed by atoms with Gasteiger partial charge in [0.05, 0.1) is 22.3 Å². The lowest BCUT2D eigenvalue weighted by atomic mass is 10.0. The van der Waals surface area contributed by atoms with Gasteiger partial charge in [-0.1, -0.05) is 12.6 Å². The van der Waals surface area contributed by atoms with Crippen LogP contribution in [0.15, 0.2) is 53.5 Å². The summed E-state index contributed by atoms with van der Waals surface area (Å²) >= 11 is 0. The van der Waals surface area contributed by atoms with E-state index < -0.39 is 34.3 Å². The van der Waals surface area contributed by atoms with Gasteiger partial charge < -0.3 is 14.9 Å². The Balaban J connectivity index is 1.52. The van der Waals surface area contributed by atoms with E-state index in [0.29, 0.717) is 55.9 Å².